The van der Waals surface area contributed by atoms with E-state index in [-0.39, 0.29) is 12.6 Å². The summed E-state index contributed by atoms with van der Waals surface area (Å²) in [4.78, 5) is 17.8. The molecule has 0 atom stereocenters. The van der Waals surface area contributed by atoms with Crippen LogP contribution in [0.1, 0.15) is 23.7 Å². The van der Waals surface area contributed by atoms with Gasteiger partial charge in [-0.05, 0) is 20.8 Å². The smallest absolute Gasteiger partial charge is 0.317 e. The molecule has 5 heteroatoms. The first-order valence-corrected chi connectivity index (χ1v) is 5.68. The van der Waals surface area contributed by atoms with Crippen LogP contribution in [-0.2, 0) is 11.3 Å². The summed E-state index contributed by atoms with van der Waals surface area (Å²) in [6.07, 6.45) is 1.82. The zero-order chi connectivity index (χ0) is 11.4. The molecule has 1 aromatic rings. The lowest BCUT2D eigenvalue weighted by Gasteiger charge is -2.23. The van der Waals surface area contributed by atoms with Gasteiger partial charge in [0.1, 0.15) is 0 Å². The number of rotatable bonds is 5. The van der Waals surface area contributed by atoms with E-state index in [9.17, 15) is 4.79 Å². The van der Waals surface area contributed by atoms with Gasteiger partial charge in [0.05, 0.1) is 11.6 Å². The number of aliphatic carboxylic acids is 1. The number of hydrogen-bond acceptors (Lipinski definition) is 4. The molecule has 1 N–H and O–H groups in total. The molecule has 4 nitrogen and oxygen atoms in total. The number of carboxylic acid groups (broad SMARTS) is 1. The fraction of sp³-hybridized carbons (Fsp3) is 0.600. The maximum Gasteiger partial charge on any atom is 0.317 e. The Morgan fingerprint density at radius 3 is 2.73 bits per heavy atom. The van der Waals surface area contributed by atoms with Gasteiger partial charge in [-0.3, -0.25) is 9.69 Å². The number of aromatic nitrogens is 1. The average Bonchev–Trinajstić information content (AvgIpc) is 2.49. The Labute approximate surface area is 93.6 Å². The summed E-state index contributed by atoms with van der Waals surface area (Å²) < 4.78 is 0. The largest absolute Gasteiger partial charge is 0.480 e. The third-order valence-electron chi connectivity index (χ3n) is 2.10. The van der Waals surface area contributed by atoms with Crippen LogP contribution in [0.3, 0.4) is 0 Å². The highest BCUT2D eigenvalue weighted by Gasteiger charge is 2.14. The lowest BCUT2D eigenvalue weighted by Crippen LogP contribution is -2.34. The normalized spacial score (nSPS) is 11.3. The Kier molecular flexibility index (Phi) is 4.23. The van der Waals surface area contributed by atoms with Crippen LogP contribution < -0.4 is 0 Å². The minimum Gasteiger partial charge on any atom is -0.480 e. The Morgan fingerprint density at radius 1 is 1.67 bits per heavy atom. The van der Waals surface area contributed by atoms with Gasteiger partial charge in [-0.25, -0.2) is 4.98 Å². The minimum atomic E-state index is -0.787. The van der Waals surface area contributed by atoms with Crippen LogP contribution >= 0.6 is 11.3 Å². The average molecular weight is 228 g/mol. The Hall–Kier alpha value is -0.940. The molecule has 0 amide bonds. The van der Waals surface area contributed by atoms with Gasteiger partial charge in [-0.1, -0.05) is 0 Å². The number of carboxylic acids is 1. The second-order valence-electron chi connectivity index (χ2n) is 3.74. The topological polar surface area (TPSA) is 53.4 Å². The van der Waals surface area contributed by atoms with Crippen molar-refractivity contribution in [2.24, 2.45) is 0 Å². The van der Waals surface area contributed by atoms with Gasteiger partial charge in [0, 0.05) is 23.7 Å². The summed E-state index contributed by atoms with van der Waals surface area (Å²) in [5.74, 6) is -0.787. The summed E-state index contributed by atoms with van der Waals surface area (Å²) in [6, 6.07) is 0.225. The third kappa shape index (κ3) is 3.97. The number of thiazole rings is 1. The third-order valence-corrected chi connectivity index (χ3v) is 2.99. The van der Waals surface area contributed by atoms with E-state index in [2.05, 4.69) is 4.98 Å². The molecule has 0 aliphatic rings. The molecule has 0 fully saturated rings. The minimum absolute atomic E-state index is 0.0780. The fourth-order valence-electron chi connectivity index (χ4n) is 1.27. The molecule has 0 aliphatic heterocycles. The Bertz CT molecular complexity index is 336. The Morgan fingerprint density at radius 2 is 2.33 bits per heavy atom. The molecule has 0 saturated heterocycles. The molecule has 1 heterocycles. The van der Waals surface area contributed by atoms with E-state index < -0.39 is 5.97 Å². The van der Waals surface area contributed by atoms with Crippen molar-refractivity contribution >= 4 is 17.3 Å². The van der Waals surface area contributed by atoms with Crippen LogP contribution in [-0.4, -0.2) is 33.5 Å². The molecule has 0 spiro atoms. The van der Waals surface area contributed by atoms with Crippen LogP contribution in [0, 0.1) is 6.92 Å². The summed E-state index contributed by atoms with van der Waals surface area (Å²) in [7, 11) is 0. The molecule has 84 valence electrons. The molecule has 1 aromatic heterocycles. The maximum absolute atomic E-state index is 10.7. The van der Waals surface area contributed by atoms with Crippen LogP contribution in [0.15, 0.2) is 6.20 Å². The highest BCUT2D eigenvalue weighted by Crippen LogP contribution is 2.15. The maximum atomic E-state index is 10.7. The molecule has 0 bridgehead atoms. The summed E-state index contributed by atoms with van der Waals surface area (Å²) in [6.45, 7) is 6.68. The number of aryl methyl sites for hydroxylation is 1. The molecular formula is C10H16N2O2S. The first-order chi connectivity index (χ1) is 6.99. The van der Waals surface area contributed by atoms with Crippen molar-refractivity contribution in [1.82, 2.24) is 9.88 Å². The van der Waals surface area contributed by atoms with Crippen molar-refractivity contribution < 1.29 is 9.90 Å². The number of nitrogens with zero attached hydrogens (tertiary/aromatic N) is 2. The number of carbonyl (C=O) groups is 1. The monoisotopic (exact) mass is 228 g/mol. The standard InChI is InChI=1S/C10H16N2O2S/c1-7(2)12(6-10(13)14)5-9-4-11-8(3)15-9/h4,7H,5-6H2,1-3H3,(H,13,14). The molecule has 0 aliphatic carbocycles. The van der Waals surface area contributed by atoms with Crippen LogP contribution in [0.5, 0.6) is 0 Å². The SMILES string of the molecule is Cc1ncc(CN(CC(=O)O)C(C)C)s1. The summed E-state index contributed by atoms with van der Waals surface area (Å²) in [5, 5.41) is 9.78. The molecular weight excluding hydrogens is 212 g/mol. The van der Waals surface area contributed by atoms with Gasteiger partial charge in [-0.2, -0.15) is 0 Å². The van der Waals surface area contributed by atoms with Gasteiger partial charge in [0.2, 0.25) is 0 Å². The van der Waals surface area contributed by atoms with E-state index in [0.717, 1.165) is 9.88 Å². The van der Waals surface area contributed by atoms with E-state index in [0.29, 0.717) is 6.54 Å². The predicted molar refractivity (Wildman–Crippen MR) is 60.0 cm³/mol. The fourth-order valence-corrected chi connectivity index (χ4v) is 2.09. The lowest BCUT2D eigenvalue weighted by molar-refractivity contribution is -0.138. The van der Waals surface area contributed by atoms with Crippen molar-refractivity contribution in [2.75, 3.05) is 6.54 Å². The second kappa shape index (κ2) is 5.23. The van der Waals surface area contributed by atoms with E-state index in [1.54, 1.807) is 11.3 Å². The van der Waals surface area contributed by atoms with Crippen molar-refractivity contribution in [3.8, 4) is 0 Å². The van der Waals surface area contributed by atoms with Crippen molar-refractivity contribution in [3.05, 3.63) is 16.1 Å². The first-order valence-electron chi connectivity index (χ1n) is 4.86. The summed E-state index contributed by atoms with van der Waals surface area (Å²) in [5.41, 5.74) is 0. The lowest BCUT2D eigenvalue weighted by atomic mass is 10.3. The molecule has 0 unspecified atom stereocenters. The van der Waals surface area contributed by atoms with Crippen molar-refractivity contribution in [2.45, 2.75) is 33.4 Å². The van der Waals surface area contributed by atoms with Crippen molar-refractivity contribution in [3.63, 3.8) is 0 Å². The summed E-state index contributed by atoms with van der Waals surface area (Å²) >= 11 is 1.61. The molecule has 0 aromatic carbocycles. The second-order valence-corrected chi connectivity index (χ2v) is 5.06. The molecule has 1 rings (SSSR count). The zero-order valence-corrected chi connectivity index (χ0v) is 10.0. The Balaban J connectivity index is 2.62. The van der Waals surface area contributed by atoms with E-state index in [1.165, 1.54) is 0 Å². The van der Waals surface area contributed by atoms with E-state index in [1.807, 2.05) is 31.9 Å². The van der Waals surface area contributed by atoms with Gasteiger partial charge >= 0.3 is 5.97 Å². The van der Waals surface area contributed by atoms with Crippen LogP contribution in [0.4, 0.5) is 0 Å². The van der Waals surface area contributed by atoms with E-state index >= 15 is 0 Å². The van der Waals surface area contributed by atoms with Gasteiger partial charge in [0.25, 0.3) is 0 Å². The van der Waals surface area contributed by atoms with Crippen LogP contribution in [0.2, 0.25) is 0 Å². The van der Waals surface area contributed by atoms with Gasteiger partial charge in [-0.15, -0.1) is 11.3 Å². The zero-order valence-electron chi connectivity index (χ0n) is 9.23. The quantitative estimate of drug-likeness (QED) is 0.834. The highest BCUT2D eigenvalue weighted by molar-refractivity contribution is 7.11. The molecule has 0 saturated carbocycles. The van der Waals surface area contributed by atoms with Gasteiger partial charge in [0.15, 0.2) is 0 Å². The predicted octanol–water partition coefficient (Wildman–Crippen LogP) is 1.75. The highest BCUT2D eigenvalue weighted by atomic mass is 32.1. The number of hydrogen-bond donors (Lipinski definition) is 1. The molecule has 15 heavy (non-hydrogen) atoms. The first kappa shape index (κ1) is 12.1. The van der Waals surface area contributed by atoms with Crippen molar-refractivity contribution in [1.29, 1.82) is 0 Å². The van der Waals surface area contributed by atoms with Crippen LogP contribution in [0.25, 0.3) is 0 Å². The van der Waals surface area contributed by atoms with Gasteiger partial charge < -0.3 is 5.11 Å². The molecule has 0 radical (unpaired) electrons. The van der Waals surface area contributed by atoms with E-state index in [4.69, 9.17) is 5.11 Å².